The van der Waals surface area contributed by atoms with E-state index in [4.69, 9.17) is 0 Å². The molecule has 0 unspecified atom stereocenters. The maximum absolute atomic E-state index is 13.6. The minimum Gasteiger partial charge on any atom is -0.293 e. The Labute approximate surface area is 139 Å². The van der Waals surface area contributed by atoms with Crippen LogP contribution in [0.4, 0.5) is 4.39 Å². The summed E-state index contributed by atoms with van der Waals surface area (Å²) in [5, 5.41) is 5.28. The number of benzene rings is 2. The van der Waals surface area contributed by atoms with E-state index in [-0.39, 0.29) is 11.7 Å². The molecule has 3 aromatic rings. The smallest absolute Gasteiger partial charge is 0.244 e. The van der Waals surface area contributed by atoms with Crippen LogP contribution in [0.5, 0.6) is 0 Å². The highest BCUT2D eigenvalue weighted by molar-refractivity contribution is 5.91. The van der Waals surface area contributed by atoms with Gasteiger partial charge in [-0.2, -0.15) is 9.78 Å². The maximum atomic E-state index is 13.6. The molecule has 0 amide bonds. The van der Waals surface area contributed by atoms with Crippen molar-refractivity contribution in [2.75, 3.05) is 6.54 Å². The molecule has 24 heavy (non-hydrogen) atoms. The van der Waals surface area contributed by atoms with E-state index >= 15 is 0 Å². The van der Waals surface area contributed by atoms with Crippen molar-refractivity contribution in [3.63, 3.8) is 0 Å². The van der Waals surface area contributed by atoms with Crippen LogP contribution in [0, 0.1) is 5.82 Å². The molecule has 2 aromatic carbocycles. The monoisotopic (exact) mass is 323 g/mol. The van der Waals surface area contributed by atoms with Crippen LogP contribution in [-0.2, 0) is 19.5 Å². The zero-order valence-electron chi connectivity index (χ0n) is 13.5. The Hall–Kier alpha value is -2.53. The number of hydrogen-bond acceptors (Lipinski definition) is 3. The fourth-order valence-corrected chi connectivity index (χ4v) is 3.41. The number of hydrogen-bond donors (Lipinski definition) is 0. The molecule has 1 aliphatic rings. The van der Waals surface area contributed by atoms with Crippen LogP contribution in [-0.4, -0.2) is 27.1 Å². The Morgan fingerprint density at radius 1 is 1.21 bits per heavy atom. The van der Waals surface area contributed by atoms with Gasteiger partial charge in [-0.25, -0.2) is 4.39 Å². The van der Waals surface area contributed by atoms with Gasteiger partial charge >= 0.3 is 0 Å². The third kappa shape index (κ3) is 2.61. The van der Waals surface area contributed by atoms with Gasteiger partial charge in [0.2, 0.25) is 5.91 Å². The van der Waals surface area contributed by atoms with Crippen LogP contribution in [0.25, 0.3) is 10.9 Å². The number of aromatic nitrogens is 2. The molecule has 0 bridgehead atoms. The van der Waals surface area contributed by atoms with E-state index in [9.17, 15) is 9.18 Å². The topological polar surface area (TPSA) is 38.1 Å². The second-order valence-corrected chi connectivity index (χ2v) is 6.27. The number of halogens is 1. The molecular formula is C19H18FN3O. The summed E-state index contributed by atoms with van der Waals surface area (Å²) in [6, 6.07) is 13.0. The quantitative estimate of drug-likeness (QED) is 0.725. The van der Waals surface area contributed by atoms with E-state index in [1.165, 1.54) is 34.9 Å². The molecule has 0 N–H and O–H groups in total. The lowest BCUT2D eigenvalue weighted by Gasteiger charge is -2.28. The largest absolute Gasteiger partial charge is 0.293 e. The highest BCUT2D eigenvalue weighted by Gasteiger charge is 2.20. The average Bonchev–Trinajstić information content (AvgIpc) is 2.92. The van der Waals surface area contributed by atoms with Crippen LogP contribution in [0.2, 0.25) is 0 Å². The van der Waals surface area contributed by atoms with Crippen molar-refractivity contribution in [2.45, 2.75) is 26.4 Å². The lowest BCUT2D eigenvalue weighted by molar-refractivity contribution is 0.0925. The molecule has 4 rings (SSSR count). The highest BCUT2D eigenvalue weighted by atomic mass is 19.1. The number of rotatable bonds is 2. The van der Waals surface area contributed by atoms with Gasteiger partial charge in [-0.05, 0) is 29.7 Å². The van der Waals surface area contributed by atoms with E-state index in [0.717, 1.165) is 30.6 Å². The van der Waals surface area contributed by atoms with Crippen molar-refractivity contribution in [3.8, 4) is 0 Å². The average molecular weight is 323 g/mol. The van der Waals surface area contributed by atoms with Crippen molar-refractivity contribution in [1.82, 2.24) is 14.7 Å². The van der Waals surface area contributed by atoms with Crippen molar-refractivity contribution in [1.29, 1.82) is 0 Å². The molecule has 0 aliphatic carbocycles. The molecule has 0 spiro atoms. The van der Waals surface area contributed by atoms with Crippen LogP contribution in [0.1, 0.15) is 28.5 Å². The number of nitrogens with zero attached hydrogens (tertiary/aromatic N) is 3. The first-order valence-electron chi connectivity index (χ1n) is 8.09. The van der Waals surface area contributed by atoms with E-state index in [2.05, 4.69) is 34.3 Å². The Kier molecular flexibility index (Phi) is 3.65. The van der Waals surface area contributed by atoms with E-state index in [1.54, 1.807) is 6.07 Å². The van der Waals surface area contributed by atoms with E-state index < -0.39 is 0 Å². The number of carbonyl (C=O) groups is 1. The van der Waals surface area contributed by atoms with Crippen LogP contribution in [0.15, 0.2) is 42.5 Å². The molecule has 0 saturated carbocycles. The standard InChI is InChI=1S/C19H18FN3O/c1-13(24)23-19-10-16(20)6-7-17(19)18(21-23)12-22-9-8-14-4-2-3-5-15(14)11-22/h2-7,10H,8-9,11-12H2,1H3. The molecule has 5 heteroatoms. The summed E-state index contributed by atoms with van der Waals surface area (Å²) in [7, 11) is 0. The lowest BCUT2D eigenvalue weighted by Crippen LogP contribution is -2.30. The van der Waals surface area contributed by atoms with E-state index in [0.29, 0.717) is 12.1 Å². The summed E-state index contributed by atoms with van der Waals surface area (Å²) in [6.07, 6.45) is 1.01. The molecule has 0 fully saturated rings. The summed E-state index contributed by atoms with van der Waals surface area (Å²) in [4.78, 5) is 14.1. The Balaban J connectivity index is 1.67. The molecule has 2 heterocycles. The summed E-state index contributed by atoms with van der Waals surface area (Å²) in [6.45, 7) is 3.91. The first-order chi connectivity index (χ1) is 11.6. The molecule has 0 saturated heterocycles. The van der Waals surface area contributed by atoms with Gasteiger partial charge in [0.25, 0.3) is 0 Å². The van der Waals surface area contributed by atoms with Crippen molar-refractivity contribution < 1.29 is 9.18 Å². The first-order valence-corrected chi connectivity index (χ1v) is 8.09. The second kappa shape index (κ2) is 5.83. The van der Waals surface area contributed by atoms with Gasteiger partial charge in [0.15, 0.2) is 0 Å². The minimum atomic E-state index is -0.358. The summed E-state index contributed by atoms with van der Waals surface area (Å²) >= 11 is 0. The predicted molar refractivity (Wildman–Crippen MR) is 90.3 cm³/mol. The fourth-order valence-electron chi connectivity index (χ4n) is 3.41. The van der Waals surface area contributed by atoms with Crippen LogP contribution < -0.4 is 0 Å². The van der Waals surface area contributed by atoms with Gasteiger partial charge in [0, 0.05) is 38.0 Å². The van der Waals surface area contributed by atoms with Gasteiger partial charge in [-0.15, -0.1) is 0 Å². The number of carbonyl (C=O) groups excluding carboxylic acids is 1. The van der Waals surface area contributed by atoms with Gasteiger partial charge in [0.1, 0.15) is 5.82 Å². The Morgan fingerprint density at radius 2 is 2.00 bits per heavy atom. The van der Waals surface area contributed by atoms with Gasteiger partial charge in [-0.3, -0.25) is 9.69 Å². The molecule has 1 aliphatic heterocycles. The predicted octanol–water partition coefficient (Wildman–Crippen LogP) is 3.39. The minimum absolute atomic E-state index is 0.208. The summed E-state index contributed by atoms with van der Waals surface area (Å²) < 4.78 is 14.8. The lowest BCUT2D eigenvalue weighted by atomic mass is 10.00. The molecule has 0 radical (unpaired) electrons. The second-order valence-electron chi connectivity index (χ2n) is 6.27. The zero-order valence-corrected chi connectivity index (χ0v) is 13.5. The molecule has 0 atom stereocenters. The van der Waals surface area contributed by atoms with Crippen LogP contribution >= 0.6 is 0 Å². The van der Waals surface area contributed by atoms with Crippen molar-refractivity contribution in [2.24, 2.45) is 0 Å². The normalized spacial score (nSPS) is 14.8. The third-order valence-electron chi connectivity index (χ3n) is 4.60. The Bertz CT molecular complexity index is 932. The van der Waals surface area contributed by atoms with Gasteiger partial charge < -0.3 is 0 Å². The molecule has 4 nitrogen and oxygen atoms in total. The van der Waals surface area contributed by atoms with Gasteiger partial charge in [-0.1, -0.05) is 24.3 Å². The van der Waals surface area contributed by atoms with Crippen LogP contribution in [0.3, 0.4) is 0 Å². The van der Waals surface area contributed by atoms with Gasteiger partial charge in [0.05, 0.1) is 11.2 Å². The molecule has 1 aromatic heterocycles. The fraction of sp³-hybridized carbons (Fsp3) is 0.263. The maximum Gasteiger partial charge on any atom is 0.244 e. The number of fused-ring (bicyclic) bond motifs is 2. The molecule has 122 valence electrons. The SMILES string of the molecule is CC(=O)n1nc(CN2CCc3ccccc3C2)c2ccc(F)cc21. The van der Waals surface area contributed by atoms with Crippen molar-refractivity contribution >= 4 is 16.8 Å². The third-order valence-corrected chi connectivity index (χ3v) is 4.60. The summed E-state index contributed by atoms with van der Waals surface area (Å²) in [5.74, 6) is -0.566. The van der Waals surface area contributed by atoms with Crippen molar-refractivity contribution in [3.05, 3.63) is 65.1 Å². The summed E-state index contributed by atoms with van der Waals surface area (Å²) in [5.41, 5.74) is 4.09. The zero-order chi connectivity index (χ0) is 16.7. The Morgan fingerprint density at radius 3 is 2.79 bits per heavy atom. The molecular weight excluding hydrogens is 305 g/mol. The van der Waals surface area contributed by atoms with E-state index in [1.807, 2.05) is 0 Å². The first kappa shape index (κ1) is 15.0. The highest BCUT2D eigenvalue weighted by Crippen LogP contribution is 2.24.